The SMILES string of the molecule is CC(C)[C@H](NC(=O)[C@H]1CCN(C)C1)C(=O)O.[V]. The Bertz CT molecular complexity index is 284. The summed E-state index contributed by atoms with van der Waals surface area (Å²) in [6, 6.07) is -0.779. The summed E-state index contributed by atoms with van der Waals surface area (Å²) in [5.74, 6) is -1.26. The van der Waals surface area contributed by atoms with E-state index in [1.165, 1.54) is 0 Å². The van der Waals surface area contributed by atoms with E-state index >= 15 is 0 Å². The molecule has 6 heteroatoms. The number of carbonyl (C=O) groups is 2. The molecule has 17 heavy (non-hydrogen) atoms. The molecule has 1 aliphatic heterocycles. The van der Waals surface area contributed by atoms with Crippen LogP contribution in [0.3, 0.4) is 0 Å². The molecule has 1 amide bonds. The quantitative estimate of drug-likeness (QED) is 0.769. The molecule has 1 fully saturated rings. The van der Waals surface area contributed by atoms with Crippen LogP contribution in [0, 0.1) is 11.8 Å². The Morgan fingerprint density at radius 1 is 1.41 bits per heavy atom. The molecule has 0 aromatic rings. The molecule has 97 valence electrons. The summed E-state index contributed by atoms with van der Waals surface area (Å²) >= 11 is 0. The van der Waals surface area contributed by atoms with Gasteiger partial charge < -0.3 is 15.3 Å². The van der Waals surface area contributed by atoms with Crippen LogP contribution < -0.4 is 5.32 Å². The van der Waals surface area contributed by atoms with Gasteiger partial charge in [0.1, 0.15) is 6.04 Å². The number of aliphatic carboxylic acids is 1. The van der Waals surface area contributed by atoms with Crippen LogP contribution in [-0.4, -0.2) is 48.1 Å². The number of likely N-dealkylation sites (tertiary alicyclic amines) is 1. The van der Waals surface area contributed by atoms with E-state index in [0.717, 1.165) is 19.5 Å². The molecule has 0 aromatic heterocycles. The van der Waals surface area contributed by atoms with Crippen molar-refractivity contribution in [3.05, 3.63) is 0 Å². The molecule has 0 aromatic carbocycles. The van der Waals surface area contributed by atoms with Crippen LogP contribution in [0.1, 0.15) is 20.3 Å². The van der Waals surface area contributed by atoms with Crippen LogP contribution >= 0.6 is 0 Å². The zero-order valence-electron chi connectivity index (χ0n) is 10.5. The van der Waals surface area contributed by atoms with Crippen molar-refractivity contribution in [2.75, 3.05) is 20.1 Å². The minimum Gasteiger partial charge on any atom is -0.480 e. The van der Waals surface area contributed by atoms with Gasteiger partial charge in [-0.25, -0.2) is 4.79 Å². The summed E-state index contributed by atoms with van der Waals surface area (Å²) in [6.45, 7) is 5.20. The van der Waals surface area contributed by atoms with E-state index in [9.17, 15) is 9.59 Å². The molecule has 0 aliphatic carbocycles. The first-order valence-corrected chi connectivity index (χ1v) is 5.63. The van der Waals surface area contributed by atoms with Crippen LogP contribution in [-0.2, 0) is 28.1 Å². The molecule has 0 bridgehead atoms. The number of hydrogen-bond acceptors (Lipinski definition) is 3. The monoisotopic (exact) mass is 279 g/mol. The first-order chi connectivity index (χ1) is 7.41. The maximum atomic E-state index is 11.8. The zero-order chi connectivity index (χ0) is 12.3. The number of carboxylic acid groups (broad SMARTS) is 1. The van der Waals surface area contributed by atoms with Gasteiger partial charge in [-0.1, -0.05) is 13.8 Å². The van der Waals surface area contributed by atoms with Gasteiger partial charge in [-0.3, -0.25) is 4.79 Å². The third kappa shape index (κ3) is 4.70. The van der Waals surface area contributed by atoms with E-state index in [4.69, 9.17) is 5.11 Å². The maximum absolute atomic E-state index is 11.8. The summed E-state index contributed by atoms with van der Waals surface area (Å²) in [6.07, 6.45) is 0.812. The second-order valence-corrected chi connectivity index (χ2v) is 4.82. The molecule has 5 nitrogen and oxygen atoms in total. The predicted octanol–water partition coefficient (Wildman–Crippen LogP) is 0.161. The van der Waals surface area contributed by atoms with Crippen molar-refractivity contribution >= 4 is 11.9 Å². The van der Waals surface area contributed by atoms with Gasteiger partial charge >= 0.3 is 5.97 Å². The fourth-order valence-electron chi connectivity index (χ4n) is 1.93. The second-order valence-electron chi connectivity index (χ2n) is 4.82. The summed E-state index contributed by atoms with van der Waals surface area (Å²) in [7, 11) is 1.96. The summed E-state index contributed by atoms with van der Waals surface area (Å²) in [5.41, 5.74) is 0. The molecule has 1 heterocycles. The summed E-state index contributed by atoms with van der Waals surface area (Å²) < 4.78 is 0. The van der Waals surface area contributed by atoms with Crippen LogP contribution in [0.5, 0.6) is 0 Å². The first kappa shape index (κ1) is 16.5. The smallest absolute Gasteiger partial charge is 0.326 e. The van der Waals surface area contributed by atoms with Crippen molar-refractivity contribution < 1.29 is 33.3 Å². The minimum absolute atomic E-state index is 0. The Hall–Kier alpha value is -0.516. The number of carbonyl (C=O) groups excluding carboxylic acids is 1. The van der Waals surface area contributed by atoms with Gasteiger partial charge in [0.2, 0.25) is 5.91 Å². The Morgan fingerprint density at radius 3 is 2.35 bits per heavy atom. The molecule has 1 radical (unpaired) electrons. The topological polar surface area (TPSA) is 69.6 Å². The van der Waals surface area contributed by atoms with Gasteiger partial charge in [-0.05, 0) is 25.9 Å². The van der Waals surface area contributed by atoms with Gasteiger partial charge in [-0.2, -0.15) is 0 Å². The normalized spacial score (nSPS) is 22.0. The van der Waals surface area contributed by atoms with Crippen LogP contribution in [0.25, 0.3) is 0 Å². The molecule has 0 spiro atoms. The summed E-state index contributed by atoms with van der Waals surface area (Å²) in [4.78, 5) is 24.8. The molecular formula is C11H20N2O3V. The van der Waals surface area contributed by atoms with Crippen molar-refractivity contribution in [2.24, 2.45) is 11.8 Å². The Kier molecular flexibility index (Phi) is 6.82. The third-order valence-electron chi connectivity index (χ3n) is 2.99. The summed E-state index contributed by atoms with van der Waals surface area (Å²) in [5, 5.41) is 11.6. The van der Waals surface area contributed by atoms with Crippen molar-refractivity contribution in [3.63, 3.8) is 0 Å². The van der Waals surface area contributed by atoms with Crippen molar-refractivity contribution in [3.8, 4) is 0 Å². The second kappa shape index (κ2) is 7.04. The van der Waals surface area contributed by atoms with Crippen molar-refractivity contribution in [2.45, 2.75) is 26.3 Å². The number of carboxylic acids is 1. The van der Waals surface area contributed by atoms with Crippen molar-refractivity contribution in [1.29, 1.82) is 0 Å². The molecule has 2 atom stereocenters. The zero-order valence-corrected chi connectivity index (χ0v) is 11.9. The van der Waals surface area contributed by atoms with E-state index in [-0.39, 0.29) is 36.3 Å². The van der Waals surface area contributed by atoms with E-state index < -0.39 is 12.0 Å². The molecule has 0 unspecified atom stereocenters. The number of rotatable bonds is 4. The van der Waals surface area contributed by atoms with Crippen LogP contribution in [0.15, 0.2) is 0 Å². The van der Waals surface area contributed by atoms with Gasteiger partial charge in [0.25, 0.3) is 0 Å². The number of nitrogens with zero attached hydrogens (tertiary/aromatic N) is 1. The van der Waals surface area contributed by atoms with E-state index in [2.05, 4.69) is 10.2 Å². The van der Waals surface area contributed by atoms with Gasteiger partial charge in [0.05, 0.1) is 5.92 Å². The van der Waals surface area contributed by atoms with Gasteiger partial charge in [-0.15, -0.1) is 0 Å². The largest absolute Gasteiger partial charge is 0.480 e. The molecule has 0 saturated carbocycles. The minimum atomic E-state index is -0.963. The van der Waals surface area contributed by atoms with Crippen LogP contribution in [0.2, 0.25) is 0 Å². The Labute approximate surface area is 114 Å². The van der Waals surface area contributed by atoms with E-state index in [1.807, 2.05) is 7.05 Å². The average Bonchev–Trinajstić information content (AvgIpc) is 2.59. The predicted molar refractivity (Wildman–Crippen MR) is 60.0 cm³/mol. The molecular weight excluding hydrogens is 259 g/mol. The maximum Gasteiger partial charge on any atom is 0.326 e. The van der Waals surface area contributed by atoms with Gasteiger partial charge in [0, 0.05) is 25.1 Å². The number of nitrogens with one attached hydrogen (secondary N) is 1. The fourth-order valence-corrected chi connectivity index (χ4v) is 1.93. The average molecular weight is 279 g/mol. The van der Waals surface area contributed by atoms with Gasteiger partial charge in [0.15, 0.2) is 0 Å². The third-order valence-corrected chi connectivity index (χ3v) is 2.99. The standard InChI is InChI=1S/C11H20N2O3.V/c1-7(2)9(11(15)16)12-10(14)8-4-5-13(3)6-8;/h7-9H,4-6H2,1-3H3,(H,12,14)(H,15,16);/t8-,9-;/m0./s1. The van der Waals surface area contributed by atoms with E-state index in [1.54, 1.807) is 13.8 Å². The van der Waals surface area contributed by atoms with Crippen LogP contribution in [0.4, 0.5) is 0 Å². The molecule has 1 aliphatic rings. The molecule has 1 rings (SSSR count). The number of hydrogen-bond donors (Lipinski definition) is 2. The molecule has 2 N–H and O–H groups in total. The van der Waals surface area contributed by atoms with Crippen molar-refractivity contribution in [1.82, 2.24) is 10.2 Å². The Balaban J connectivity index is 0.00000256. The van der Waals surface area contributed by atoms with E-state index in [0.29, 0.717) is 0 Å². The fraction of sp³-hybridized carbons (Fsp3) is 0.818. The molecule has 1 saturated heterocycles. The first-order valence-electron chi connectivity index (χ1n) is 5.63. The Morgan fingerprint density at radius 2 is 2.00 bits per heavy atom. The number of amides is 1.